The molecule has 0 radical (unpaired) electrons. The first-order valence-electron chi connectivity index (χ1n) is 7.34. The van der Waals surface area contributed by atoms with Crippen molar-refractivity contribution in [2.24, 2.45) is 0 Å². The summed E-state index contributed by atoms with van der Waals surface area (Å²) >= 11 is 11.9. The fourth-order valence-electron chi connectivity index (χ4n) is 2.70. The Bertz CT molecular complexity index is 783. The third-order valence-corrected chi connectivity index (χ3v) is 4.18. The monoisotopic (exact) mass is 361 g/mol. The number of nitrogens with zero attached hydrogens (tertiary/aromatic N) is 4. The third-order valence-electron chi connectivity index (χ3n) is 3.74. The molecule has 1 aromatic carbocycles. The molecule has 2 heterocycles. The van der Waals surface area contributed by atoms with Crippen LogP contribution in [0.15, 0.2) is 30.3 Å². The Morgan fingerprint density at radius 1 is 1.25 bits per heavy atom. The number of anilines is 2. The zero-order valence-electron chi connectivity index (χ0n) is 12.5. The molecule has 1 aliphatic heterocycles. The SMILES string of the molecule is N#Cc1ccc(N2CCCC2C(=O)Nc2cc(Cl)cc(Cl)c2)nn1. The second-order valence-electron chi connectivity index (χ2n) is 5.39. The Labute approximate surface area is 149 Å². The van der Waals surface area contributed by atoms with Gasteiger partial charge in [0.2, 0.25) is 5.91 Å². The van der Waals surface area contributed by atoms with Crippen LogP contribution in [0.5, 0.6) is 0 Å². The summed E-state index contributed by atoms with van der Waals surface area (Å²) in [5.74, 6) is 0.424. The highest BCUT2D eigenvalue weighted by Crippen LogP contribution is 2.26. The van der Waals surface area contributed by atoms with Crippen LogP contribution in [0.4, 0.5) is 11.5 Å². The predicted octanol–water partition coefficient (Wildman–Crippen LogP) is 3.26. The normalized spacial score (nSPS) is 16.7. The second kappa shape index (κ2) is 7.04. The van der Waals surface area contributed by atoms with Gasteiger partial charge in [0.15, 0.2) is 11.5 Å². The highest BCUT2D eigenvalue weighted by atomic mass is 35.5. The molecule has 24 heavy (non-hydrogen) atoms. The molecule has 2 aromatic rings. The van der Waals surface area contributed by atoms with Crippen molar-refractivity contribution in [2.45, 2.75) is 18.9 Å². The summed E-state index contributed by atoms with van der Waals surface area (Å²) in [6.07, 6.45) is 1.58. The van der Waals surface area contributed by atoms with Gasteiger partial charge < -0.3 is 10.2 Å². The largest absolute Gasteiger partial charge is 0.343 e. The number of carbonyl (C=O) groups excluding carboxylic acids is 1. The van der Waals surface area contributed by atoms with Crippen molar-refractivity contribution in [3.63, 3.8) is 0 Å². The van der Waals surface area contributed by atoms with Crippen LogP contribution in [-0.2, 0) is 4.79 Å². The summed E-state index contributed by atoms with van der Waals surface area (Å²) in [5, 5.41) is 20.4. The van der Waals surface area contributed by atoms with Crippen LogP contribution in [0.1, 0.15) is 18.5 Å². The van der Waals surface area contributed by atoms with Gasteiger partial charge in [0.25, 0.3) is 0 Å². The first-order valence-corrected chi connectivity index (χ1v) is 8.10. The smallest absolute Gasteiger partial charge is 0.247 e. The van der Waals surface area contributed by atoms with Crippen molar-refractivity contribution in [1.82, 2.24) is 10.2 Å². The summed E-state index contributed by atoms with van der Waals surface area (Å²) in [4.78, 5) is 14.5. The van der Waals surface area contributed by atoms with Crippen molar-refractivity contribution >= 4 is 40.6 Å². The van der Waals surface area contributed by atoms with Gasteiger partial charge in [-0.2, -0.15) is 5.26 Å². The molecule has 1 aliphatic rings. The Morgan fingerprint density at radius 3 is 2.62 bits per heavy atom. The molecule has 1 aromatic heterocycles. The topological polar surface area (TPSA) is 81.9 Å². The van der Waals surface area contributed by atoms with Crippen molar-refractivity contribution < 1.29 is 4.79 Å². The number of nitrogens with one attached hydrogen (secondary N) is 1. The first-order chi connectivity index (χ1) is 11.6. The summed E-state index contributed by atoms with van der Waals surface area (Å²) in [5.41, 5.74) is 0.794. The van der Waals surface area contributed by atoms with E-state index in [4.69, 9.17) is 28.5 Å². The number of rotatable bonds is 3. The second-order valence-corrected chi connectivity index (χ2v) is 6.26. The van der Waals surface area contributed by atoms with E-state index in [2.05, 4.69) is 15.5 Å². The Balaban J connectivity index is 1.76. The number of amides is 1. The van der Waals surface area contributed by atoms with E-state index in [1.807, 2.05) is 11.0 Å². The molecule has 122 valence electrons. The molecule has 3 rings (SSSR count). The molecular weight excluding hydrogens is 349 g/mol. The first kappa shape index (κ1) is 16.5. The predicted molar refractivity (Wildman–Crippen MR) is 92.2 cm³/mol. The number of hydrogen-bond acceptors (Lipinski definition) is 5. The maximum Gasteiger partial charge on any atom is 0.247 e. The van der Waals surface area contributed by atoms with Crippen LogP contribution < -0.4 is 10.2 Å². The zero-order chi connectivity index (χ0) is 17.1. The lowest BCUT2D eigenvalue weighted by molar-refractivity contribution is -0.117. The van der Waals surface area contributed by atoms with E-state index < -0.39 is 0 Å². The third kappa shape index (κ3) is 3.58. The van der Waals surface area contributed by atoms with Crippen LogP contribution in [-0.4, -0.2) is 28.7 Å². The average Bonchev–Trinajstić information content (AvgIpc) is 3.03. The lowest BCUT2D eigenvalue weighted by Crippen LogP contribution is -2.40. The van der Waals surface area contributed by atoms with Gasteiger partial charge in [-0.25, -0.2) is 0 Å². The fourth-order valence-corrected chi connectivity index (χ4v) is 3.23. The van der Waals surface area contributed by atoms with Crippen LogP contribution in [0.3, 0.4) is 0 Å². The minimum absolute atomic E-state index is 0.156. The fraction of sp³-hybridized carbons (Fsp3) is 0.250. The Kier molecular flexibility index (Phi) is 4.84. The van der Waals surface area contributed by atoms with Crippen LogP contribution in [0, 0.1) is 11.3 Å². The van der Waals surface area contributed by atoms with E-state index in [9.17, 15) is 4.79 Å². The maximum atomic E-state index is 12.6. The standard InChI is InChI=1S/C16H13Cl2N5O/c17-10-6-11(18)8-13(7-10)20-16(24)14-2-1-5-23(14)15-4-3-12(9-19)21-22-15/h3-4,6-8,14H,1-2,5H2,(H,20,24). The molecule has 1 fully saturated rings. The molecule has 1 amide bonds. The molecule has 0 bridgehead atoms. The van der Waals surface area contributed by atoms with Crippen LogP contribution in [0.2, 0.25) is 10.0 Å². The number of halogens is 2. The van der Waals surface area contributed by atoms with Gasteiger partial charge in [0.05, 0.1) is 0 Å². The Morgan fingerprint density at radius 2 is 2.00 bits per heavy atom. The van der Waals surface area contributed by atoms with Gasteiger partial charge in [-0.15, -0.1) is 10.2 Å². The number of hydrogen-bond donors (Lipinski definition) is 1. The summed E-state index contributed by atoms with van der Waals surface area (Å²) in [7, 11) is 0. The van der Waals surface area contributed by atoms with E-state index in [1.54, 1.807) is 30.3 Å². The molecule has 8 heteroatoms. The van der Waals surface area contributed by atoms with E-state index in [0.717, 1.165) is 6.42 Å². The Hall–Kier alpha value is -2.36. The summed E-state index contributed by atoms with van der Waals surface area (Å²) < 4.78 is 0. The maximum absolute atomic E-state index is 12.6. The lowest BCUT2D eigenvalue weighted by Gasteiger charge is -2.24. The van der Waals surface area contributed by atoms with Gasteiger partial charge >= 0.3 is 0 Å². The zero-order valence-corrected chi connectivity index (χ0v) is 14.1. The number of aromatic nitrogens is 2. The minimum atomic E-state index is -0.356. The van der Waals surface area contributed by atoms with Crippen LogP contribution >= 0.6 is 23.2 Å². The molecule has 1 saturated heterocycles. The molecule has 1 unspecified atom stereocenters. The number of benzene rings is 1. The highest BCUT2D eigenvalue weighted by Gasteiger charge is 2.32. The van der Waals surface area contributed by atoms with E-state index in [0.29, 0.717) is 34.5 Å². The molecule has 1 atom stereocenters. The van der Waals surface area contributed by atoms with E-state index in [-0.39, 0.29) is 17.6 Å². The summed E-state index contributed by atoms with van der Waals surface area (Å²) in [6.45, 7) is 0.703. The van der Waals surface area contributed by atoms with Crippen molar-refractivity contribution in [3.05, 3.63) is 46.1 Å². The quantitative estimate of drug-likeness (QED) is 0.906. The van der Waals surface area contributed by atoms with Gasteiger partial charge in [0, 0.05) is 22.3 Å². The summed E-state index contributed by atoms with van der Waals surface area (Å²) in [6, 6.07) is 9.75. The van der Waals surface area contributed by atoms with Crippen molar-refractivity contribution in [3.8, 4) is 6.07 Å². The van der Waals surface area contributed by atoms with Gasteiger partial charge in [-0.3, -0.25) is 4.79 Å². The number of nitriles is 1. The average molecular weight is 362 g/mol. The van der Waals surface area contributed by atoms with E-state index >= 15 is 0 Å². The van der Waals surface area contributed by atoms with Crippen molar-refractivity contribution in [1.29, 1.82) is 5.26 Å². The van der Waals surface area contributed by atoms with Crippen molar-refractivity contribution in [2.75, 3.05) is 16.8 Å². The highest BCUT2D eigenvalue weighted by molar-refractivity contribution is 6.35. The molecule has 0 aliphatic carbocycles. The van der Waals surface area contributed by atoms with Gasteiger partial charge in [-0.05, 0) is 43.2 Å². The van der Waals surface area contributed by atoms with E-state index in [1.165, 1.54) is 0 Å². The number of carbonyl (C=O) groups is 1. The molecule has 6 nitrogen and oxygen atoms in total. The van der Waals surface area contributed by atoms with Crippen LogP contribution in [0.25, 0.3) is 0 Å². The van der Waals surface area contributed by atoms with Gasteiger partial charge in [0.1, 0.15) is 12.1 Å². The van der Waals surface area contributed by atoms with Gasteiger partial charge in [-0.1, -0.05) is 23.2 Å². The molecule has 1 N–H and O–H groups in total. The lowest BCUT2D eigenvalue weighted by atomic mass is 10.2. The molecule has 0 spiro atoms. The molecular formula is C16H13Cl2N5O. The molecule has 0 saturated carbocycles. The minimum Gasteiger partial charge on any atom is -0.343 e.